The zero-order valence-corrected chi connectivity index (χ0v) is 12.3. The summed E-state index contributed by atoms with van der Waals surface area (Å²) in [6.45, 7) is 2.15. The Morgan fingerprint density at radius 2 is 2.15 bits per heavy atom. The summed E-state index contributed by atoms with van der Waals surface area (Å²) >= 11 is 0. The lowest BCUT2D eigenvalue weighted by Gasteiger charge is -2.30. The Morgan fingerprint density at radius 1 is 1.40 bits per heavy atom. The highest BCUT2D eigenvalue weighted by Gasteiger charge is 2.26. The van der Waals surface area contributed by atoms with Crippen molar-refractivity contribution in [3.05, 3.63) is 30.1 Å². The largest absolute Gasteiger partial charge is 0.330 e. The van der Waals surface area contributed by atoms with Gasteiger partial charge < -0.3 is 5.73 Å². The second-order valence-electron chi connectivity index (χ2n) is 5.09. The second-order valence-corrected chi connectivity index (χ2v) is 6.84. The van der Waals surface area contributed by atoms with Gasteiger partial charge in [0.25, 0.3) is 10.2 Å². The van der Waals surface area contributed by atoms with Gasteiger partial charge in [0.1, 0.15) is 0 Å². The predicted molar refractivity (Wildman–Crippen MR) is 78.2 cm³/mol. The molecule has 0 spiro atoms. The zero-order chi connectivity index (χ0) is 14.4. The first kappa shape index (κ1) is 15.4. The van der Waals surface area contributed by atoms with Crippen molar-refractivity contribution in [1.29, 1.82) is 0 Å². The summed E-state index contributed by atoms with van der Waals surface area (Å²) in [5.74, 6) is 0.455. The van der Waals surface area contributed by atoms with E-state index in [9.17, 15) is 8.42 Å². The van der Waals surface area contributed by atoms with Gasteiger partial charge in [0, 0.05) is 32.0 Å². The first-order valence-electron chi connectivity index (χ1n) is 6.95. The number of nitrogens with zero attached hydrogens (tertiary/aromatic N) is 2. The average Bonchev–Trinajstić information content (AvgIpc) is 2.48. The number of hydrogen-bond donors (Lipinski definition) is 2. The maximum Gasteiger partial charge on any atom is 0.279 e. The molecule has 0 saturated carbocycles. The molecule has 2 rings (SSSR count). The van der Waals surface area contributed by atoms with Gasteiger partial charge in [-0.1, -0.05) is 6.07 Å². The van der Waals surface area contributed by atoms with Crippen molar-refractivity contribution in [3.63, 3.8) is 0 Å². The molecule has 1 aromatic rings. The maximum absolute atomic E-state index is 12.1. The van der Waals surface area contributed by atoms with Crippen molar-refractivity contribution in [1.82, 2.24) is 14.0 Å². The topological polar surface area (TPSA) is 88.3 Å². The van der Waals surface area contributed by atoms with Crippen LogP contribution >= 0.6 is 0 Å². The summed E-state index contributed by atoms with van der Waals surface area (Å²) < 4.78 is 28.4. The molecule has 1 aromatic heterocycles. The van der Waals surface area contributed by atoms with Crippen LogP contribution in [0.25, 0.3) is 0 Å². The number of pyridine rings is 1. The molecule has 0 radical (unpaired) electrons. The Hall–Kier alpha value is -1.02. The number of hydrogen-bond acceptors (Lipinski definition) is 4. The van der Waals surface area contributed by atoms with Crippen LogP contribution in [0.2, 0.25) is 0 Å². The van der Waals surface area contributed by atoms with Crippen molar-refractivity contribution in [3.8, 4) is 0 Å². The van der Waals surface area contributed by atoms with E-state index in [2.05, 4.69) is 9.71 Å². The third kappa shape index (κ3) is 4.24. The van der Waals surface area contributed by atoms with E-state index in [0.29, 0.717) is 38.5 Å². The molecule has 6 nitrogen and oxygen atoms in total. The Bertz CT molecular complexity index is 498. The minimum Gasteiger partial charge on any atom is -0.330 e. The van der Waals surface area contributed by atoms with Gasteiger partial charge in [-0.05, 0) is 43.4 Å². The fourth-order valence-corrected chi connectivity index (χ4v) is 3.58. The van der Waals surface area contributed by atoms with E-state index in [1.807, 2.05) is 12.1 Å². The SMILES string of the molecule is NCC1CCN(S(=O)(=O)NCCc2cccnc2)CC1. The molecule has 1 saturated heterocycles. The maximum atomic E-state index is 12.1. The zero-order valence-electron chi connectivity index (χ0n) is 11.5. The van der Waals surface area contributed by atoms with Gasteiger partial charge in [-0.15, -0.1) is 0 Å². The number of nitrogens with two attached hydrogens (primary N) is 1. The predicted octanol–water partition coefficient (Wildman–Crippen LogP) is 0.129. The van der Waals surface area contributed by atoms with E-state index in [0.717, 1.165) is 18.4 Å². The van der Waals surface area contributed by atoms with E-state index >= 15 is 0 Å². The Labute approximate surface area is 120 Å². The Kier molecular flexibility index (Phi) is 5.47. The fourth-order valence-electron chi connectivity index (χ4n) is 2.35. The minimum atomic E-state index is -3.36. The van der Waals surface area contributed by atoms with E-state index in [-0.39, 0.29) is 0 Å². The van der Waals surface area contributed by atoms with Crippen molar-refractivity contribution in [2.45, 2.75) is 19.3 Å². The molecule has 2 heterocycles. The van der Waals surface area contributed by atoms with Crippen molar-refractivity contribution < 1.29 is 8.42 Å². The van der Waals surface area contributed by atoms with Crippen LogP contribution in [0.3, 0.4) is 0 Å². The lowest BCUT2D eigenvalue weighted by atomic mass is 9.99. The summed E-state index contributed by atoms with van der Waals surface area (Å²) in [7, 11) is -3.36. The molecule has 0 aromatic carbocycles. The molecule has 0 unspecified atom stereocenters. The van der Waals surface area contributed by atoms with Gasteiger partial charge in [0.15, 0.2) is 0 Å². The third-order valence-electron chi connectivity index (χ3n) is 3.67. The summed E-state index contributed by atoms with van der Waals surface area (Å²) in [6.07, 6.45) is 5.79. The standard InChI is InChI=1S/C13H22N4O2S/c14-10-12-4-8-17(9-5-12)20(18,19)16-7-3-13-2-1-6-15-11-13/h1-2,6,11-12,16H,3-5,7-10,14H2. The molecule has 0 amide bonds. The first-order valence-corrected chi connectivity index (χ1v) is 8.39. The molecular formula is C13H22N4O2S. The molecule has 0 atom stereocenters. The van der Waals surface area contributed by atoms with Crippen LogP contribution in [0.4, 0.5) is 0 Å². The van der Waals surface area contributed by atoms with Gasteiger partial charge in [-0.2, -0.15) is 12.7 Å². The number of rotatable bonds is 6. The molecule has 3 N–H and O–H groups in total. The van der Waals surface area contributed by atoms with Crippen LogP contribution in [0.1, 0.15) is 18.4 Å². The Balaban J connectivity index is 1.79. The lowest BCUT2D eigenvalue weighted by molar-refractivity contribution is 0.276. The third-order valence-corrected chi connectivity index (χ3v) is 5.28. The molecule has 1 fully saturated rings. The molecule has 112 valence electrons. The summed E-state index contributed by atoms with van der Waals surface area (Å²) in [4.78, 5) is 4.01. The molecule has 1 aliphatic rings. The minimum absolute atomic E-state index is 0.394. The highest BCUT2D eigenvalue weighted by atomic mass is 32.2. The van der Waals surface area contributed by atoms with Gasteiger partial charge >= 0.3 is 0 Å². The van der Waals surface area contributed by atoms with Gasteiger partial charge in [-0.25, -0.2) is 4.72 Å². The monoisotopic (exact) mass is 298 g/mol. The van der Waals surface area contributed by atoms with Gasteiger partial charge in [0.2, 0.25) is 0 Å². The van der Waals surface area contributed by atoms with Crippen LogP contribution in [0.15, 0.2) is 24.5 Å². The van der Waals surface area contributed by atoms with Crippen molar-refractivity contribution in [2.24, 2.45) is 11.7 Å². The number of nitrogens with one attached hydrogen (secondary N) is 1. The van der Waals surface area contributed by atoms with Gasteiger partial charge in [0.05, 0.1) is 0 Å². The van der Waals surface area contributed by atoms with Crippen molar-refractivity contribution in [2.75, 3.05) is 26.2 Å². The summed E-state index contributed by atoms with van der Waals surface area (Å²) in [5.41, 5.74) is 6.64. The van der Waals surface area contributed by atoms with E-state index < -0.39 is 10.2 Å². The van der Waals surface area contributed by atoms with Crippen LogP contribution in [0, 0.1) is 5.92 Å². The van der Waals surface area contributed by atoms with E-state index in [1.54, 1.807) is 12.4 Å². The second kappa shape index (κ2) is 7.12. The van der Waals surface area contributed by atoms with Crippen LogP contribution in [-0.4, -0.2) is 43.9 Å². The first-order chi connectivity index (χ1) is 9.62. The molecule has 1 aliphatic heterocycles. The molecule has 0 bridgehead atoms. The van der Waals surface area contributed by atoms with Crippen LogP contribution in [0.5, 0.6) is 0 Å². The number of aromatic nitrogens is 1. The molecule has 7 heteroatoms. The quantitative estimate of drug-likeness (QED) is 0.781. The van der Waals surface area contributed by atoms with E-state index in [4.69, 9.17) is 5.73 Å². The summed E-state index contributed by atoms with van der Waals surface area (Å²) in [6, 6.07) is 3.79. The highest BCUT2D eigenvalue weighted by Crippen LogP contribution is 2.17. The Morgan fingerprint density at radius 3 is 2.75 bits per heavy atom. The van der Waals surface area contributed by atoms with Crippen molar-refractivity contribution >= 4 is 10.2 Å². The lowest BCUT2D eigenvalue weighted by Crippen LogP contribution is -2.46. The number of piperidine rings is 1. The normalized spacial score (nSPS) is 18.2. The fraction of sp³-hybridized carbons (Fsp3) is 0.615. The van der Waals surface area contributed by atoms with Crippen LogP contribution in [-0.2, 0) is 16.6 Å². The van der Waals surface area contributed by atoms with Gasteiger partial charge in [-0.3, -0.25) is 4.98 Å². The smallest absolute Gasteiger partial charge is 0.279 e. The molecular weight excluding hydrogens is 276 g/mol. The van der Waals surface area contributed by atoms with E-state index in [1.165, 1.54) is 4.31 Å². The molecule has 20 heavy (non-hydrogen) atoms. The van der Waals surface area contributed by atoms with Crippen LogP contribution < -0.4 is 10.5 Å². The molecule has 0 aliphatic carbocycles. The average molecular weight is 298 g/mol. The highest BCUT2D eigenvalue weighted by molar-refractivity contribution is 7.87. The summed E-state index contributed by atoms with van der Waals surface area (Å²) in [5, 5.41) is 0.